The van der Waals surface area contributed by atoms with Crippen LogP contribution in [0.2, 0.25) is 0 Å². The lowest BCUT2D eigenvalue weighted by molar-refractivity contribution is 0.102. The maximum absolute atomic E-state index is 12.1. The summed E-state index contributed by atoms with van der Waals surface area (Å²) in [5, 5.41) is 3.31. The van der Waals surface area contributed by atoms with Gasteiger partial charge in [-0.2, -0.15) is 0 Å². The number of hydrogen-bond acceptors (Lipinski definition) is 4. The third-order valence-corrected chi connectivity index (χ3v) is 3.95. The molecule has 0 aliphatic rings. The van der Waals surface area contributed by atoms with Crippen molar-refractivity contribution in [2.75, 3.05) is 11.1 Å². The molecule has 2 aromatic rings. The Morgan fingerprint density at radius 2 is 2.11 bits per heavy atom. The van der Waals surface area contributed by atoms with E-state index in [-0.39, 0.29) is 5.91 Å². The number of halogens is 1. The van der Waals surface area contributed by atoms with Gasteiger partial charge in [0, 0.05) is 11.3 Å². The second-order valence-electron chi connectivity index (χ2n) is 3.95. The van der Waals surface area contributed by atoms with Crippen molar-refractivity contribution in [1.29, 1.82) is 0 Å². The highest BCUT2D eigenvalue weighted by Crippen LogP contribution is 2.24. The first-order chi connectivity index (χ1) is 8.47. The second-order valence-corrected chi connectivity index (χ2v) is 6.36. The van der Waals surface area contributed by atoms with Crippen LogP contribution in [0.25, 0.3) is 0 Å². The van der Waals surface area contributed by atoms with E-state index in [2.05, 4.69) is 26.2 Å². The number of nitrogens with two attached hydrogens (primary N) is 1. The summed E-state index contributed by atoms with van der Waals surface area (Å²) in [6.45, 7) is 3.81. The van der Waals surface area contributed by atoms with Crippen LogP contribution in [0.15, 0.2) is 22.1 Å². The van der Waals surface area contributed by atoms with Crippen LogP contribution in [-0.2, 0) is 0 Å². The van der Waals surface area contributed by atoms with Gasteiger partial charge in [-0.15, -0.1) is 0 Å². The molecule has 0 saturated carbocycles. The van der Waals surface area contributed by atoms with Gasteiger partial charge in [0.05, 0.1) is 9.98 Å². The van der Waals surface area contributed by atoms with Crippen molar-refractivity contribution in [3.8, 4) is 0 Å². The van der Waals surface area contributed by atoms with Gasteiger partial charge in [-0.05, 0) is 47.0 Å². The number of anilines is 2. The van der Waals surface area contributed by atoms with Crippen LogP contribution in [0.5, 0.6) is 0 Å². The van der Waals surface area contributed by atoms with Crippen molar-refractivity contribution in [1.82, 2.24) is 4.98 Å². The van der Waals surface area contributed by atoms with Gasteiger partial charge >= 0.3 is 0 Å². The highest BCUT2D eigenvalue weighted by Gasteiger charge is 2.12. The summed E-state index contributed by atoms with van der Waals surface area (Å²) in [5.41, 5.74) is 8.89. The van der Waals surface area contributed by atoms with Crippen LogP contribution in [-0.4, -0.2) is 10.9 Å². The minimum Gasteiger partial charge on any atom is -0.398 e. The van der Waals surface area contributed by atoms with Crippen molar-refractivity contribution in [2.45, 2.75) is 13.8 Å². The third-order valence-electron chi connectivity index (χ3n) is 2.56. The average Bonchev–Trinajstić information content (AvgIpc) is 2.69. The zero-order valence-electron chi connectivity index (χ0n) is 9.95. The van der Waals surface area contributed by atoms with E-state index in [1.54, 1.807) is 12.3 Å². The molecule has 18 heavy (non-hydrogen) atoms. The van der Waals surface area contributed by atoms with Gasteiger partial charge in [0.1, 0.15) is 0 Å². The Bertz CT molecular complexity index is 609. The molecule has 1 amide bonds. The molecule has 0 fully saturated rings. The Balaban J connectivity index is 2.26. The maximum atomic E-state index is 12.1. The number of thiazole rings is 1. The zero-order chi connectivity index (χ0) is 13.3. The van der Waals surface area contributed by atoms with E-state index in [0.717, 1.165) is 14.9 Å². The number of carbonyl (C=O) groups excluding carboxylic acids is 1. The van der Waals surface area contributed by atoms with Gasteiger partial charge in [-0.25, -0.2) is 4.98 Å². The standard InChI is InChI=1S/C12H12BrN3OS/c1-6-3-7(2)9(14)4-8(6)11(17)16-12-15-5-10(13)18-12/h3-5H,14H2,1-2H3,(H,15,16,17). The number of benzene rings is 1. The third kappa shape index (κ3) is 2.70. The first-order valence-electron chi connectivity index (χ1n) is 5.27. The molecule has 0 saturated heterocycles. The molecule has 1 aromatic heterocycles. The molecule has 3 N–H and O–H groups in total. The topological polar surface area (TPSA) is 68.0 Å². The van der Waals surface area contributed by atoms with E-state index >= 15 is 0 Å². The quantitative estimate of drug-likeness (QED) is 0.832. The summed E-state index contributed by atoms with van der Waals surface area (Å²) in [5.74, 6) is -0.193. The fourth-order valence-electron chi connectivity index (χ4n) is 1.59. The highest BCUT2D eigenvalue weighted by molar-refractivity contribution is 9.11. The lowest BCUT2D eigenvalue weighted by Crippen LogP contribution is -2.14. The molecule has 0 atom stereocenters. The van der Waals surface area contributed by atoms with E-state index in [0.29, 0.717) is 16.4 Å². The SMILES string of the molecule is Cc1cc(C)c(C(=O)Nc2ncc(Br)s2)cc1N. The normalized spacial score (nSPS) is 10.4. The largest absolute Gasteiger partial charge is 0.398 e. The minimum atomic E-state index is -0.193. The molecule has 0 aliphatic carbocycles. The molecule has 6 heteroatoms. The molecule has 0 bridgehead atoms. The van der Waals surface area contributed by atoms with Crippen molar-refractivity contribution in [3.63, 3.8) is 0 Å². The van der Waals surface area contributed by atoms with Crippen LogP contribution >= 0.6 is 27.3 Å². The number of rotatable bonds is 2. The molecule has 0 aliphatic heterocycles. The molecular formula is C12H12BrN3OS. The van der Waals surface area contributed by atoms with Gasteiger partial charge in [0.2, 0.25) is 0 Å². The molecule has 0 radical (unpaired) electrons. The second kappa shape index (κ2) is 5.07. The van der Waals surface area contributed by atoms with Crippen molar-refractivity contribution in [2.24, 2.45) is 0 Å². The molecule has 2 rings (SSSR count). The van der Waals surface area contributed by atoms with Crippen LogP contribution in [0.3, 0.4) is 0 Å². The minimum absolute atomic E-state index is 0.193. The summed E-state index contributed by atoms with van der Waals surface area (Å²) >= 11 is 4.66. The molecule has 4 nitrogen and oxygen atoms in total. The number of carbonyl (C=O) groups is 1. The summed E-state index contributed by atoms with van der Waals surface area (Å²) in [6, 6.07) is 3.60. The number of aryl methyl sites for hydroxylation is 2. The Labute approximate surface area is 117 Å². The predicted molar refractivity (Wildman–Crippen MR) is 78.1 cm³/mol. The zero-order valence-corrected chi connectivity index (χ0v) is 12.4. The molecule has 1 heterocycles. The van der Waals surface area contributed by atoms with Crippen LogP contribution in [0.4, 0.5) is 10.8 Å². The van der Waals surface area contributed by atoms with E-state index in [4.69, 9.17) is 5.73 Å². The van der Waals surface area contributed by atoms with Crippen molar-refractivity contribution < 1.29 is 4.79 Å². The predicted octanol–water partition coefficient (Wildman–Crippen LogP) is 3.36. The summed E-state index contributed by atoms with van der Waals surface area (Å²) in [7, 11) is 0. The molecule has 0 spiro atoms. The first kappa shape index (κ1) is 13.0. The highest BCUT2D eigenvalue weighted by atomic mass is 79.9. The molecule has 0 unspecified atom stereocenters. The Morgan fingerprint density at radius 1 is 1.39 bits per heavy atom. The van der Waals surface area contributed by atoms with Gasteiger partial charge in [-0.3, -0.25) is 10.1 Å². The van der Waals surface area contributed by atoms with E-state index in [1.807, 2.05) is 19.9 Å². The fourth-order valence-corrected chi connectivity index (χ4v) is 2.69. The van der Waals surface area contributed by atoms with Crippen molar-refractivity contribution in [3.05, 3.63) is 38.8 Å². The van der Waals surface area contributed by atoms with E-state index in [1.165, 1.54) is 11.3 Å². The smallest absolute Gasteiger partial charge is 0.257 e. The van der Waals surface area contributed by atoms with Gasteiger partial charge in [-0.1, -0.05) is 17.4 Å². The Kier molecular flexibility index (Phi) is 3.68. The number of hydrogen-bond donors (Lipinski definition) is 2. The summed E-state index contributed by atoms with van der Waals surface area (Å²) in [6.07, 6.45) is 1.65. The lowest BCUT2D eigenvalue weighted by Gasteiger charge is -2.08. The van der Waals surface area contributed by atoms with Crippen LogP contribution in [0, 0.1) is 13.8 Å². The Hall–Kier alpha value is -1.40. The number of nitrogen functional groups attached to an aromatic ring is 1. The Morgan fingerprint density at radius 3 is 2.72 bits per heavy atom. The van der Waals surface area contributed by atoms with Gasteiger partial charge in [0.15, 0.2) is 5.13 Å². The van der Waals surface area contributed by atoms with Crippen LogP contribution < -0.4 is 11.1 Å². The lowest BCUT2D eigenvalue weighted by atomic mass is 10.0. The number of amides is 1. The monoisotopic (exact) mass is 325 g/mol. The van der Waals surface area contributed by atoms with Gasteiger partial charge in [0.25, 0.3) is 5.91 Å². The number of aromatic nitrogens is 1. The summed E-state index contributed by atoms with van der Waals surface area (Å²) < 4.78 is 0.873. The van der Waals surface area contributed by atoms with E-state index in [9.17, 15) is 4.79 Å². The first-order valence-corrected chi connectivity index (χ1v) is 6.87. The summed E-state index contributed by atoms with van der Waals surface area (Å²) in [4.78, 5) is 16.2. The van der Waals surface area contributed by atoms with E-state index < -0.39 is 0 Å². The molecule has 94 valence electrons. The number of nitrogens with one attached hydrogen (secondary N) is 1. The number of nitrogens with zero attached hydrogens (tertiary/aromatic N) is 1. The fraction of sp³-hybridized carbons (Fsp3) is 0.167. The average molecular weight is 326 g/mol. The maximum Gasteiger partial charge on any atom is 0.257 e. The van der Waals surface area contributed by atoms with Crippen molar-refractivity contribution >= 4 is 44.0 Å². The van der Waals surface area contributed by atoms with Gasteiger partial charge < -0.3 is 5.73 Å². The molecule has 1 aromatic carbocycles. The van der Waals surface area contributed by atoms with Crippen LogP contribution in [0.1, 0.15) is 21.5 Å². The molecular weight excluding hydrogens is 314 g/mol.